The zero-order chi connectivity index (χ0) is 19.1. The Balaban J connectivity index is 1.44. The lowest BCUT2D eigenvalue weighted by molar-refractivity contribution is -0.127. The van der Waals surface area contributed by atoms with Crippen LogP contribution in [0.2, 0.25) is 0 Å². The molecule has 2 fully saturated rings. The molecule has 0 bridgehead atoms. The first-order valence-corrected chi connectivity index (χ1v) is 10.3. The average Bonchev–Trinajstić information content (AvgIpc) is 3.16. The number of hydrogen-bond acceptors (Lipinski definition) is 6. The molecule has 3 rings (SSSR count). The Kier molecular flexibility index (Phi) is 7.60. The Bertz CT molecular complexity index is 585. The fourth-order valence-corrected chi connectivity index (χ4v) is 4.29. The van der Waals surface area contributed by atoms with E-state index in [1.807, 2.05) is 4.68 Å². The maximum Gasteiger partial charge on any atom is 0.224 e. The van der Waals surface area contributed by atoms with Gasteiger partial charge in [0.15, 0.2) is 0 Å². The molecule has 2 aliphatic heterocycles. The highest BCUT2D eigenvalue weighted by atomic mass is 16.5. The van der Waals surface area contributed by atoms with E-state index in [-0.39, 0.29) is 11.8 Å². The van der Waals surface area contributed by atoms with E-state index >= 15 is 0 Å². The van der Waals surface area contributed by atoms with E-state index < -0.39 is 0 Å². The van der Waals surface area contributed by atoms with E-state index in [9.17, 15) is 4.79 Å². The monoisotopic (exact) mass is 378 g/mol. The number of amides is 1. The topological polar surface area (TPSA) is 75.5 Å². The summed E-state index contributed by atoms with van der Waals surface area (Å²) in [5, 5.41) is 7.27. The summed E-state index contributed by atoms with van der Waals surface area (Å²) in [6, 6.07) is 0.597. The lowest BCUT2D eigenvalue weighted by atomic mass is 9.93. The van der Waals surface area contributed by atoms with Crippen LogP contribution in [0.1, 0.15) is 38.4 Å². The second-order valence-electron chi connectivity index (χ2n) is 7.62. The van der Waals surface area contributed by atoms with Crippen LogP contribution in [0.3, 0.4) is 0 Å². The number of methoxy groups -OCH3 is 1. The van der Waals surface area contributed by atoms with Crippen LogP contribution in [-0.2, 0) is 22.6 Å². The quantitative estimate of drug-likeness (QED) is 0.673. The minimum atomic E-state index is 0.122. The zero-order valence-corrected chi connectivity index (χ0v) is 16.8. The average molecular weight is 379 g/mol. The van der Waals surface area contributed by atoms with Crippen LogP contribution in [0.5, 0.6) is 0 Å². The molecule has 1 atom stereocenters. The number of nitrogens with one attached hydrogen (secondary N) is 1. The van der Waals surface area contributed by atoms with Crippen LogP contribution in [-0.4, -0.2) is 83.0 Å². The van der Waals surface area contributed by atoms with E-state index in [0.29, 0.717) is 19.2 Å². The number of likely N-dealkylation sites (tertiary alicyclic amines) is 2. The van der Waals surface area contributed by atoms with Crippen molar-refractivity contribution in [1.29, 1.82) is 0 Å². The van der Waals surface area contributed by atoms with Crippen molar-refractivity contribution >= 4 is 5.91 Å². The molecule has 0 aromatic carbocycles. The Morgan fingerprint density at radius 3 is 2.85 bits per heavy atom. The van der Waals surface area contributed by atoms with E-state index in [4.69, 9.17) is 4.74 Å². The molecule has 0 radical (unpaired) electrons. The third kappa shape index (κ3) is 5.49. The van der Waals surface area contributed by atoms with Gasteiger partial charge in [-0.3, -0.25) is 14.6 Å². The zero-order valence-electron chi connectivity index (χ0n) is 16.8. The molecule has 0 unspecified atom stereocenters. The van der Waals surface area contributed by atoms with Gasteiger partial charge in [0, 0.05) is 45.9 Å². The third-order valence-electron chi connectivity index (χ3n) is 5.86. The van der Waals surface area contributed by atoms with E-state index in [1.54, 1.807) is 13.4 Å². The van der Waals surface area contributed by atoms with Crippen molar-refractivity contribution in [3.63, 3.8) is 0 Å². The summed E-state index contributed by atoms with van der Waals surface area (Å²) in [5.74, 6) is 1.37. The number of ether oxygens (including phenoxy) is 1. The summed E-state index contributed by atoms with van der Waals surface area (Å²) in [6.45, 7) is 9.22. The Morgan fingerprint density at radius 2 is 2.11 bits per heavy atom. The summed E-state index contributed by atoms with van der Waals surface area (Å²) in [4.78, 5) is 21.8. The highest BCUT2D eigenvalue weighted by Gasteiger charge is 2.31. The highest BCUT2D eigenvalue weighted by molar-refractivity contribution is 5.78. The van der Waals surface area contributed by atoms with E-state index in [0.717, 1.165) is 70.8 Å². The first-order chi connectivity index (χ1) is 13.2. The van der Waals surface area contributed by atoms with Crippen molar-refractivity contribution in [1.82, 2.24) is 29.9 Å². The minimum absolute atomic E-state index is 0.122. The Labute approximate surface area is 162 Å². The molecular formula is C19H34N6O2. The van der Waals surface area contributed by atoms with Gasteiger partial charge in [-0.25, -0.2) is 9.67 Å². The molecule has 8 nitrogen and oxygen atoms in total. The normalized spacial score (nSPS) is 22.8. The maximum atomic E-state index is 12.4. The van der Waals surface area contributed by atoms with Crippen molar-refractivity contribution in [2.75, 3.05) is 46.4 Å². The standard InChI is InChI=1S/C19H34N6O2/c1-3-25-18(21-15-22-25)14-23-10-6-17(7-11-23)24-9-4-5-16(13-24)19(26)20-8-12-27-2/h15-17H,3-14H2,1-2H3,(H,20,26)/t16-/m0/s1. The largest absolute Gasteiger partial charge is 0.383 e. The molecular weight excluding hydrogens is 344 g/mol. The van der Waals surface area contributed by atoms with Crippen molar-refractivity contribution in [3.05, 3.63) is 12.2 Å². The smallest absolute Gasteiger partial charge is 0.224 e. The molecule has 1 amide bonds. The van der Waals surface area contributed by atoms with Crippen LogP contribution in [0.4, 0.5) is 0 Å². The van der Waals surface area contributed by atoms with Crippen LogP contribution >= 0.6 is 0 Å². The first kappa shape index (κ1) is 20.2. The predicted octanol–water partition coefficient (Wildman–Crippen LogP) is 0.737. The van der Waals surface area contributed by atoms with Gasteiger partial charge in [-0.1, -0.05) is 0 Å². The summed E-state index contributed by atoms with van der Waals surface area (Å²) >= 11 is 0. The van der Waals surface area contributed by atoms with Gasteiger partial charge in [0.1, 0.15) is 12.2 Å². The molecule has 0 saturated carbocycles. The maximum absolute atomic E-state index is 12.4. The van der Waals surface area contributed by atoms with Gasteiger partial charge in [0.25, 0.3) is 0 Å². The lowest BCUT2D eigenvalue weighted by Gasteiger charge is -2.42. The number of nitrogens with zero attached hydrogens (tertiary/aromatic N) is 5. The molecule has 0 aliphatic carbocycles. The van der Waals surface area contributed by atoms with Gasteiger partial charge in [0.2, 0.25) is 5.91 Å². The molecule has 27 heavy (non-hydrogen) atoms. The molecule has 3 heterocycles. The fourth-order valence-electron chi connectivity index (χ4n) is 4.29. The van der Waals surface area contributed by atoms with E-state index in [2.05, 4.69) is 32.1 Å². The molecule has 8 heteroatoms. The minimum Gasteiger partial charge on any atom is -0.383 e. The lowest BCUT2D eigenvalue weighted by Crippen LogP contribution is -2.50. The molecule has 1 aromatic rings. The second kappa shape index (κ2) is 10.1. The van der Waals surface area contributed by atoms with Crippen LogP contribution < -0.4 is 5.32 Å². The van der Waals surface area contributed by atoms with E-state index in [1.165, 1.54) is 0 Å². The number of rotatable bonds is 8. The van der Waals surface area contributed by atoms with Crippen molar-refractivity contribution in [2.45, 2.75) is 51.7 Å². The SMILES string of the molecule is CCn1ncnc1CN1CCC(N2CCC[C@H](C(=O)NCCOC)C2)CC1. The molecule has 0 spiro atoms. The Hall–Kier alpha value is -1.51. The molecule has 2 aliphatic rings. The van der Waals surface area contributed by atoms with Crippen molar-refractivity contribution < 1.29 is 9.53 Å². The summed E-state index contributed by atoms with van der Waals surface area (Å²) in [7, 11) is 1.66. The first-order valence-electron chi connectivity index (χ1n) is 10.3. The predicted molar refractivity (Wildman–Crippen MR) is 103 cm³/mol. The molecule has 2 saturated heterocycles. The van der Waals surface area contributed by atoms with Crippen molar-refractivity contribution in [3.8, 4) is 0 Å². The van der Waals surface area contributed by atoms with Crippen LogP contribution in [0.25, 0.3) is 0 Å². The number of piperidine rings is 2. The van der Waals surface area contributed by atoms with Gasteiger partial charge >= 0.3 is 0 Å². The number of carbonyl (C=O) groups is 1. The van der Waals surface area contributed by atoms with Gasteiger partial charge < -0.3 is 10.1 Å². The third-order valence-corrected chi connectivity index (χ3v) is 5.86. The number of carbonyl (C=O) groups excluding carboxylic acids is 1. The molecule has 1 aromatic heterocycles. The van der Waals surface area contributed by atoms with Gasteiger partial charge in [0.05, 0.1) is 19.1 Å². The van der Waals surface area contributed by atoms with Gasteiger partial charge in [-0.2, -0.15) is 5.10 Å². The molecule has 1 N–H and O–H groups in total. The Morgan fingerprint density at radius 1 is 1.30 bits per heavy atom. The number of hydrogen-bond donors (Lipinski definition) is 1. The second-order valence-corrected chi connectivity index (χ2v) is 7.62. The number of aromatic nitrogens is 3. The van der Waals surface area contributed by atoms with Gasteiger partial charge in [-0.05, 0) is 39.2 Å². The molecule has 152 valence electrons. The summed E-state index contributed by atoms with van der Waals surface area (Å²) in [5.41, 5.74) is 0. The summed E-state index contributed by atoms with van der Waals surface area (Å²) in [6.07, 6.45) is 6.09. The van der Waals surface area contributed by atoms with Crippen molar-refractivity contribution in [2.24, 2.45) is 5.92 Å². The van der Waals surface area contributed by atoms with Crippen LogP contribution in [0, 0.1) is 5.92 Å². The fraction of sp³-hybridized carbons (Fsp3) is 0.842. The summed E-state index contributed by atoms with van der Waals surface area (Å²) < 4.78 is 6.99. The van der Waals surface area contributed by atoms with Crippen LogP contribution in [0.15, 0.2) is 6.33 Å². The highest BCUT2D eigenvalue weighted by Crippen LogP contribution is 2.24. The van der Waals surface area contributed by atoms with Gasteiger partial charge in [-0.15, -0.1) is 0 Å². The number of aryl methyl sites for hydroxylation is 1.